The number of pyridine rings is 1. The molecule has 0 aliphatic carbocycles. The van der Waals surface area contributed by atoms with Crippen LogP contribution in [0.15, 0.2) is 42.7 Å². The molecule has 0 aliphatic heterocycles. The van der Waals surface area contributed by atoms with Crippen LogP contribution in [0.3, 0.4) is 0 Å². The molecular formula is C17H17F2N3O2. The van der Waals surface area contributed by atoms with E-state index in [1.807, 2.05) is 6.07 Å². The molecule has 0 aliphatic rings. The molecule has 5 nitrogen and oxygen atoms in total. The Bertz CT molecular complexity index is 723. The highest BCUT2D eigenvalue weighted by Crippen LogP contribution is 2.20. The largest absolute Gasteiger partial charge is 0.352 e. The molecule has 0 bridgehead atoms. The van der Waals surface area contributed by atoms with Crippen LogP contribution < -0.4 is 10.2 Å². The third-order valence-electron chi connectivity index (χ3n) is 3.36. The number of hydrogen-bond donors (Lipinski definition) is 1. The number of aromatic nitrogens is 1. The molecule has 0 spiro atoms. The van der Waals surface area contributed by atoms with Gasteiger partial charge in [0.05, 0.1) is 5.69 Å². The zero-order valence-electron chi connectivity index (χ0n) is 13.1. The lowest BCUT2D eigenvalue weighted by Crippen LogP contribution is -2.34. The van der Waals surface area contributed by atoms with E-state index in [2.05, 4.69) is 10.3 Å². The minimum atomic E-state index is -0.846. The molecule has 24 heavy (non-hydrogen) atoms. The topological polar surface area (TPSA) is 62.3 Å². The van der Waals surface area contributed by atoms with E-state index in [0.29, 0.717) is 12.6 Å². The Kier molecular flexibility index (Phi) is 5.95. The predicted octanol–water partition coefficient (Wildman–Crippen LogP) is 2.42. The van der Waals surface area contributed by atoms with Gasteiger partial charge in [0.15, 0.2) is 0 Å². The van der Waals surface area contributed by atoms with Crippen LogP contribution in [0.4, 0.5) is 14.5 Å². The van der Waals surface area contributed by atoms with Crippen molar-refractivity contribution in [3.05, 3.63) is 59.9 Å². The standard InChI is InChI=1S/C17H17F2N3O2/c1-12(23)22(16-5-4-14(18)9-15(16)19)8-6-17(24)21-11-13-3-2-7-20-10-13/h2-5,7,9-10H,6,8,11H2,1H3,(H,21,24). The molecular weight excluding hydrogens is 316 g/mol. The number of halogens is 2. The molecule has 1 aromatic heterocycles. The zero-order chi connectivity index (χ0) is 17.5. The molecule has 0 unspecified atom stereocenters. The van der Waals surface area contributed by atoms with Crippen molar-refractivity contribution in [2.24, 2.45) is 0 Å². The summed E-state index contributed by atoms with van der Waals surface area (Å²) >= 11 is 0. The normalized spacial score (nSPS) is 10.3. The third-order valence-corrected chi connectivity index (χ3v) is 3.36. The molecule has 2 aromatic rings. The van der Waals surface area contributed by atoms with Gasteiger partial charge in [0.2, 0.25) is 11.8 Å². The average Bonchev–Trinajstić information content (AvgIpc) is 2.55. The van der Waals surface area contributed by atoms with Crippen molar-refractivity contribution in [1.29, 1.82) is 0 Å². The first kappa shape index (κ1) is 17.5. The molecule has 0 fully saturated rings. The van der Waals surface area contributed by atoms with E-state index in [-0.39, 0.29) is 24.6 Å². The zero-order valence-corrected chi connectivity index (χ0v) is 13.1. The summed E-state index contributed by atoms with van der Waals surface area (Å²) in [6, 6.07) is 6.53. The molecule has 1 heterocycles. The van der Waals surface area contributed by atoms with Crippen molar-refractivity contribution in [2.75, 3.05) is 11.4 Å². The van der Waals surface area contributed by atoms with E-state index in [1.165, 1.54) is 13.0 Å². The van der Waals surface area contributed by atoms with Gasteiger partial charge in [0.25, 0.3) is 0 Å². The van der Waals surface area contributed by atoms with Crippen molar-refractivity contribution < 1.29 is 18.4 Å². The van der Waals surface area contributed by atoms with Gasteiger partial charge in [-0.3, -0.25) is 14.6 Å². The van der Waals surface area contributed by atoms with Gasteiger partial charge in [0, 0.05) is 44.9 Å². The summed E-state index contributed by atoms with van der Waals surface area (Å²) in [5.41, 5.74) is 0.794. The minimum Gasteiger partial charge on any atom is -0.352 e. The summed E-state index contributed by atoms with van der Waals surface area (Å²) in [4.78, 5) is 28.6. The Morgan fingerprint density at radius 2 is 2.04 bits per heavy atom. The van der Waals surface area contributed by atoms with Gasteiger partial charge in [-0.25, -0.2) is 8.78 Å². The Hall–Kier alpha value is -2.83. The van der Waals surface area contributed by atoms with E-state index in [4.69, 9.17) is 0 Å². The molecule has 0 saturated carbocycles. The first-order valence-corrected chi connectivity index (χ1v) is 7.36. The van der Waals surface area contributed by atoms with Gasteiger partial charge in [-0.2, -0.15) is 0 Å². The second-order valence-corrected chi connectivity index (χ2v) is 5.15. The van der Waals surface area contributed by atoms with Crippen LogP contribution in [0, 0.1) is 11.6 Å². The van der Waals surface area contributed by atoms with Gasteiger partial charge >= 0.3 is 0 Å². The Morgan fingerprint density at radius 1 is 1.25 bits per heavy atom. The third kappa shape index (κ3) is 4.84. The van der Waals surface area contributed by atoms with E-state index >= 15 is 0 Å². The number of nitrogens with zero attached hydrogens (tertiary/aromatic N) is 2. The quantitative estimate of drug-likeness (QED) is 0.883. The SMILES string of the molecule is CC(=O)N(CCC(=O)NCc1cccnc1)c1ccc(F)cc1F. The first-order chi connectivity index (χ1) is 11.5. The van der Waals surface area contributed by atoms with Crippen LogP contribution in [-0.2, 0) is 16.1 Å². The van der Waals surface area contributed by atoms with E-state index in [1.54, 1.807) is 18.5 Å². The van der Waals surface area contributed by atoms with Crippen LogP contribution in [-0.4, -0.2) is 23.3 Å². The molecule has 0 radical (unpaired) electrons. The van der Waals surface area contributed by atoms with Gasteiger partial charge in [-0.05, 0) is 23.8 Å². The highest BCUT2D eigenvalue weighted by atomic mass is 19.1. The van der Waals surface area contributed by atoms with Crippen LogP contribution >= 0.6 is 0 Å². The maximum Gasteiger partial charge on any atom is 0.223 e. The molecule has 126 valence electrons. The molecule has 2 rings (SSSR count). The lowest BCUT2D eigenvalue weighted by molar-refractivity contribution is -0.121. The van der Waals surface area contributed by atoms with Gasteiger partial charge in [0.1, 0.15) is 11.6 Å². The van der Waals surface area contributed by atoms with Crippen LogP contribution in [0.5, 0.6) is 0 Å². The molecule has 1 N–H and O–H groups in total. The fourth-order valence-electron chi connectivity index (χ4n) is 2.15. The Balaban J connectivity index is 1.94. The fraction of sp³-hybridized carbons (Fsp3) is 0.235. The lowest BCUT2D eigenvalue weighted by Gasteiger charge is -2.21. The summed E-state index contributed by atoms with van der Waals surface area (Å²) in [6.07, 6.45) is 3.26. The highest BCUT2D eigenvalue weighted by molar-refractivity contribution is 5.92. The van der Waals surface area contributed by atoms with Crippen LogP contribution in [0.2, 0.25) is 0 Å². The summed E-state index contributed by atoms with van der Waals surface area (Å²) in [5.74, 6) is -2.29. The van der Waals surface area contributed by atoms with Crippen LogP contribution in [0.25, 0.3) is 0 Å². The maximum atomic E-state index is 13.8. The van der Waals surface area contributed by atoms with Crippen molar-refractivity contribution in [1.82, 2.24) is 10.3 Å². The molecule has 7 heteroatoms. The number of anilines is 1. The number of rotatable bonds is 6. The number of carbonyl (C=O) groups excluding carboxylic acids is 2. The van der Waals surface area contributed by atoms with Gasteiger partial charge < -0.3 is 10.2 Å². The minimum absolute atomic E-state index is 0.00322. The van der Waals surface area contributed by atoms with E-state index in [0.717, 1.165) is 16.5 Å². The van der Waals surface area contributed by atoms with Gasteiger partial charge in [-0.15, -0.1) is 0 Å². The number of amides is 2. The van der Waals surface area contributed by atoms with E-state index < -0.39 is 17.5 Å². The number of benzene rings is 1. The van der Waals surface area contributed by atoms with Gasteiger partial charge in [-0.1, -0.05) is 6.07 Å². The first-order valence-electron chi connectivity index (χ1n) is 7.36. The molecule has 1 aromatic carbocycles. The summed E-state index contributed by atoms with van der Waals surface area (Å²) in [5, 5.41) is 2.70. The van der Waals surface area contributed by atoms with Crippen molar-refractivity contribution in [3.8, 4) is 0 Å². The van der Waals surface area contributed by atoms with Crippen LogP contribution in [0.1, 0.15) is 18.9 Å². The molecule has 0 atom stereocenters. The Labute approximate surface area is 138 Å². The second kappa shape index (κ2) is 8.14. The smallest absolute Gasteiger partial charge is 0.223 e. The summed E-state index contributed by atoms with van der Waals surface area (Å²) in [6.45, 7) is 1.57. The molecule has 0 saturated heterocycles. The summed E-state index contributed by atoms with van der Waals surface area (Å²) in [7, 11) is 0. The summed E-state index contributed by atoms with van der Waals surface area (Å²) < 4.78 is 26.8. The Morgan fingerprint density at radius 3 is 2.67 bits per heavy atom. The predicted molar refractivity (Wildman–Crippen MR) is 85.1 cm³/mol. The van der Waals surface area contributed by atoms with Crippen molar-refractivity contribution >= 4 is 17.5 Å². The second-order valence-electron chi connectivity index (χ2n) is 5.15. The molecule has 2 amide bonds. The number of hydrogen-bond acceptors (Lipinski definition) is 3. The van der Waals surface area contributed by atoms with E-state index in [9.17, 15) is 18.4 Å². The monoisotopic (exact) mass is 333 g/mol. The highest BCUT2D eigenvalue weighted by Gasteiger charge is 2.17. The average molecular weight is 333 g/mol. The van der Waals surface area contributed by atoms with Crippen molar-refractivity contribution in [2.45, 2.75) is 19.9 Å². The number of nitrogens with one attached hydrogen (secondary N) is 1. The van der Waals surface area contributed by atoms with Crippen molar-refractivity contribution in [3.63, 3.8) is 0 Å². The fourth-order valence-corrected chi connectivity index (χ4v) is 2.15. The maximum absolute atomic E-state index is 13.8. The number of carbonyl (C=O) groups is 2. The lowest BCUT2D eigenvalue weighted by atomic mass is 10.2.